The van der Waals surface area contributed by atoms with Crippen LogP contribution in [0.3, 0.4) is 0 Å². The van der Waals surface area contributed by atoms with Gasteiger partial charge in [0.1, 0.15) is 6.54 Å². The average molecular weight is 348 g/mol. The van der Waals surface area contributed by atoms with Crippen molar-refractivity contribution in [2.45, 2.75) is 15.2 Å². The van der Waals surface area contributed by atoms with Crippen LogP contribution in [-0.4, -0.2) is 45.4 Å². The van der Waals surface area contributed by atoms with Crippen molar-refractivity contribution >= 4 is 35.4 Å². The highest BCUT2D eigenvalue weighted by Crippen LogP contribution is 2.27. The second-order valence-corrected chi connectivity index (χ2v) is 6.20. The Labute approximate surface area is 143 Å². The van der Waals surface area contributed by atoms with Gasteiger partial charge in [0.2, 0.25) is 5.95 Å². The molecular formula is C15H16N4O2S2. The molecule has 0 unspecified atom stereocenters. The predicted molar refractivity (Wildman–Crippen MR) is 92.2 cm³/mol. The van der Waals surface area contributed by atoms with Crippen LogP contribution in [0.1, 0.15) is 0 Å². The number of hydrogen-bond acceptors (Lipinski definition) is 7. The van der Waals surface area contributed by atoms with Gasteiger partial charge in [0.05, 0.1) is 0 Å². The first kappa shape index (κ1) is 17.3. The van der Waals surface area contributed by atoms with Crippen LogP contribution in [0.5, 0.6) is 0 Å². The molecule has 0 bridgehead atoms. The van der Waals surface area contributed by atoms with E-state index in [1.54, 1.807) is 11.0 Å². The van der Waals surface area contributed by atoms with E-state index in [-0.39, 0.29) is 6.54 Å². The number of benzene rings is 1. The van der Waals surface area contributed by atoms with Crippen LogP contribution in [-0.2, 0) is 4.79 Å². The zero-order chi connectivity index (χ0) is 16.7. The molecule has 0 saturated heterocycles. The fraction of sp³-hybridized carbons (Fsp3) is 0.200. The van der Waals surface area contributed by atoms with Crippen LogP contribution in [0.4, 0.5) is 5.95 Å². The van der Waals surface area contributed by atoms with Crippen molar-refractivity contribution in [1.29, 1.82) is 0 Å². The lowest BCUT2D eigenvalue weighted by molar-refractivity contribution is -0.135. The Morgan fingerprint density at radius 2 is 1.96 bits per heavy atom. The molecule has 1 aromatic carbocycles. The van der Waals surface area contributed by atoms with E-state index in [0.717, 1.165) is 4.90 Å². The van der Waals surface area contributed by atoms with Gasteiger partial charge in [-0.3, -0.25) is 4.79 Å². The van der Waals surface area contributed by atoms with Crippen LogP contribution in [0.25, 0.3) is 0 Å². The molecule has 2 rings (SSSR count). The zero-order valence-corrected chi connectivity index (χ0v) is 14.2. The molecule has 0 atom stereocenters. The highest BCUT2D eigenvalue weighted by molar-refractivity contribution is 7.99. The van der Waals surface area contributed by atoms with Gasteiger partial charge in [0.25, 0.3) is 0 Å². The van der Waals surface area contributed by atoms with E-state index in [1.807, 2.05) is 36.6 Å². The van der Waals surface area contributed by atoms with Crippen LogP contribution in [0, 0.1) is 0 Å². The van der Waals surface area contributed by atoms with E-state index in [9.17, 15) is 4.79 Å². The number of aliphatic carboxylic acids is 1. The second-order valence-electron chi connectivity index (χ2n) is 4.38. The van der Waals surface area contributed by atoms with Gasteiger partial charge in [-0.25, -0.2) is 0 Å². The number of anilines is 1. The van der Waals surface area contributed by atoms with E-state index >= 15 is 0 Å². The molecule has 8 heteroatoms. The third-order valence-electron chi connectivity index (χ3n) is 2.68. The first-order chi connectivity index (χ1) is 11.1. The molecule has 0 aliphatic rings. The van der Waals surface area contributed by atoms with Crippen molar-refractivity contribution in [1.82, 2.24) is 15.0 Å². The summed E-state index contributed by atoms with van der Waals surface area (Å²) in [7, 11) is 0. The molecule has 0 aliphatic heterocycles. The quantitative estimate of drug-likeness (QED) is 0.576. The first-order valence-corrected chi connectivity index (χ1v) is 8.77. The van der Waals surface area contributed by atoms with Crippen LogP contribution in [0.2, 0.25) is 0 Å². The summed E-state index contributed by atoms with van der Waals surface area (Å²) in [6, 6.07) is 9.74. The molecule has 0 saturated carbocycles. The lowest BCUT2D eigenvalue weighted by atomic mass is 10.4. The van der Waals surface area contributed by atoms with E-state index in [2.05, 4.69) is 21.5 Å². The summed E-state index contributed by atoms with van der Waals surface area (Å²) < 4.78 is 0. The van der Waals surface area contributed by atoms with Gasteiger partial charge in [-0.05, 0) is 30.2 Å². The molecule has 0 radical (unpaired) electrons. The minimum atomic E-state index is -0.949. The van der Waals surface area contributed by atoms with Crippen LogP contribution in [0.15, 0.2) is 58.2 Å². The minimum Gasteiger partial charge on any atom is -0.480 e. The summed E-state index contributed by atoms with van der Waals surface area (Å²) in [5.41, 5.74) is 0. The normalized spacial score (nSPS) is 10.3. The summed E-state index contributed by atoms with van der Waals surface area (Å²) in [6.45, 7) is 3.80. The van der Waals surface area contributed by atoms with E-state index < -0.39 is 5.97 Å². The smallest absolute Gasteiger partial charge is 0.323 e. The highest BCUT2D eigenvalue weighted by Gasteiger charge is 2.15. The average Bonchev–Trinajstić information content (AvgIpc) is 2.54. The standard InChI is InChI=1S/C15H16N4O2S2/c1-3-9-19(10-12(20)21)13-16-14(22-2)18-15(17-13)23-11-7-5-4-6-8-11/h3-8H,1,9-10H2,2H3,(H,20,21). The zero-order valence-electron chi connectivity index (χ0n) is 12.5. The van der Waals surface area contributed by atoms with Crippen molar-refractivity contribution in [3.05, 3.63) is 43.0 Å². The van der Waals surface area contributed by atoms with Gasteiger partial charge < -0.3 is 10.0 Å². The number of aromatic nitrogens is 3. The summed E-state index contributed by atoms with van der Waals surface area (Å²) in [5.74, 6) is -0.611. The topological polar surface area (TPSA) is 79.2 Å². The van der Waals surface area contributed by atoms with Crippen molar-refractivity contribution in [3.8, 4) is 0 Å². The van der Waals surface area contributed by atoms with E-state index in [1.165, 1.54) is 23.5 Å². The molecule has 0 amide bonds. The van der Waals surface area contributed by atoms with Crippen LogP contribution < -0.4 is 4.90 Å². The van der Waals surface area contributed by atoms with E-state index in [4.69, 9.17) is 5.11 Å². The SMILES string of the molecule is C=CCN(CC(=O)O)c1nc(SC)nc(Sc2ccccc2)n1. The van der Waals surface area contributed by atoms with E-state index in [0.29, 0.717) is 22.8 Å². The van der Waals surface area contributed by atoms with Crippen LogP contribution >= 0.6 is 23.5 Å². The maximum Gasteiger partial charge on any atom is 0.323 e. The maximum absolute atomic E-state index is 11.0. The largest absolute Gasteiger partial charge is 0.480 e. The molecule has 1 N–H and O–H groups in total. The molecule has 6 nitrogen and oxygen atoms in total. The molecule has 2 aromatic rings. The lowest BCUT2D eigenvalue weighted by Crippen LogP contribution is -2.31. The summed E-state index contributed by atoms with van der Waals surface area (Å²) >= 11 is 2.80. The summed E-state index contributed by atoms with van der Waals surface area (Å²) in [6.07, 6.45) is 3.49. The van der Waals surface area contributed by atoms with Crippen molar-refractivity contribution in [3.63, 3.8) is 0 Å². The number of rotatable bonds is 8. The number of thioether (sulfide) groups is 1. The number of nitrogens with zero attached hydrogens (tertiary/aromatic N) is 4. The predicted octanol–water partition coefficient (Wildman–Crippen LogP) is 2.82. The van der Waals surface area contributed by atoms with Crippen molar-refractivity contribution in [2.24, 2.45) is 0 Å². The Morgan fingerprint density at radius 3 is 2.57 bits per heavy atom. The van der Waals surface area contributed by atoms with Gasteiger partial charge in [-0.1, -0.05) is 36.0 Å². The van der Waals surface area contributed by atoms with Gasteiger partial charge >= 0.3 is 5.97 Å². The third kappa shape index (κ3) is 5.26. The fourth-order valence-electron chi connectivity index (χ4n) is 1.74. The monoisotopic (exact) mass is 348 g/mol. The number of carboxylic acids is 1. The summed E-state index contributed by atoms with van der Waals surface area (Å²) in [4.78, 5) is 26.7. The van der Waals surface area contributed by atoms with Crippen molar-refractivity contribution < 1.29 is 9.90 Å². The molecule has 0 aliphatic carbocycles. The molecule has 1 aromatic heterocycles. The Bertz CT molecular complexity index is 682. The highest BCUT2D eigenvalue weighted by atomic mass is 32.2. The van der Waals surface area contributed by atoms with Gasteiger partial charge in [0.15, 0.2) is 10.3 Å². The molecule has 1 heterocycles. The van der Waals surface area contributed by atoms with Gasteiger partial charge in [0, 0.05) is 11.4 Å². The molecular weight excluding hydrogens is 332 g/mol. The lowest BCUT2D eigenvalue weighted by Gasteiger charge is -2.19. The van der Waals surface area contributed by atoms with Gasteiger partial charge in [-0.2, -0.15) is 15.0 Å². The number of carbonyl (C=O) groups is 1. The molecule has 0 fully saturated rings. The van der Waals surface area contributed by atoms with Crippen molar-refractivity contribution in [2.75, 3.05) is 24.2 Å². The Hall–Kier alpha value is -2.06. The molecule has 120 valence electrons. The fourth-order valence-corrected chi connectivity index (χ4v) is 2.91. The Morgan fingerprint density at radius 1 is 1.26 bits per heavy atom. The Kier molecular flexibility index (Phi) is 6.42. The summed E-state index contributed by atoms with van der Waals surface area (Å²) in [5, 5.41) is 10.1. The third-order valence-corrected chi connectivity index (χ3v) is 4.10. The Balaban J connectivity index is 2.33. The molecule has 0 spiro atoms. The minimum absolute atomic E-state index is 0.195. The molecule has 23 heavy (non-hydrogen) atoms. The number of hydrogen-bond donors (Lipinski definition) is 1. The van der Waals surface area contributed by atoms with Gasteiger partial charge in [-0.15, -0.1) is 6.58 Å². The second kappa shape index (κ2) is 8.54. The number of carboxylic acid groups (broad SMARTS) is 1. The first-order valence-electron chi connectivity index (χ1n) is 6.73. The maximum atomic E-state index is 11.0.